The van der Waals surface area contributed by atoms with Crippen LogP contribution in [-0.2, 0) is 10.0 Å². The van der Waals surface area contributed by atoms with E-state index in [1.54, 1.807) is 6.07 Å². The molecule has 0 aromatic heterocycles. The number of rotatable bonds is 3. The van der Waals surface area contributed by atoms with Crippen LogP contribution in [0.1, 0.15) is 0 Å². The third kappa shape index (κ3) is 3.43. The Balaban J connectivity index is 2.38. The lowest BCUT2D eigenvalue weighted by Crippen LogP contribution is -2.12. The van der Waals surface area contributed by atoms with Crippen LogP contribution in [-0.4, -0.2) is 8.42 Å². The summed E-state index contributed by atoms with van der Waals surface area (Å²) >= 11 is 0. The number of halogens is 1. The maximum Gasteiger partial charge on any atom is 0.238 e. The molecular weight excluding hydrogens is 269 g/mol. The van der Waals surface area contributed by atoms with Gasteiger partial charge < -0.3 is 11.1 Å². The summed E-state index contributed by atoms with van der Waals surface area (Å²) in [6.07, 6.45) is 0. The monoisotopic (exact) mass is 281 g/mol. The van der Waals surface area contributed by atoms with Gasteiger partial charge in [0.05, 0.1) is 4.90 Å². The van der Waals surface area contributed by atoms with Crippen molar-refractivity contribution in [3.8, 4) is 0 Å². The zero-order valence-corrected chi connectivity index (χ0v) is 10.6. The van der Waals surface area contributed by atoms with E-state index in [-0.39, 0.29) is 10.6 Å². The van der Waals surface area contributed by atoms with Crippen LogP contribution in [0, 0.1) is 5.82 Å². The number of anilines is 3. The first kappa shape index (κ1) is 13.3. The van der Waals surface area contributed by atoms with E-state index in [0.717, 1.165) is 0 Å². The maximum atomic E-state index is 13.0. The predicted molar refractivity (Wildman–Crippen MR) is 71.9 cm³/mol. The summed E-state index contributed by atoms with van der Waals surface area (Å²) in [5.74, 6) is -0.402. The Hall–Kier alpha value is -2.12. The first-order valence-electron chi connectivity index (χ1n) is 5.30. The van der Waals surface area contributed by atoms with E-state index in [1.165, 1.54) is 36.4 Å². The van der Waals surface area contributed by atoms with Crippen LogP contribution in [0.4, 0.5) is 21.5 Å². The molecule has 2 aromatic carbocycles. The molecule has 2 rings (SSSR count). The van der Waals surface area contributed by atoms with Crippen molar-refractivity contribution in [3.05, 3.63) is 48.3 Å². The molecule has 0 unspecified atom stereocenters. The molecule has 0 amide bonds. The van der Waals surface area contributed by atoms with Gasteiger partial charge in [-0.3, -0.25) is 0 Å². The number of hydrogen-bond acceptors (Lipinski definition) is 4. The average molecular weight is 281 g/mol. The summed E-state index contributed by atoms with van der Waals surface area (Å²) < 4.78 is 35.6. The first-order valence-corrected chi connectivity index (χ1v) is 6.85. The second kappa shape index (κ2) is 4.87. The topological polar surface area (TPSA) is 98.2 Å². The Bertz CT molecular complexity index is 717. The van der Waals surface area contributed by atoms with Crippen molar-refractivity contribution in [2.75, 3.05) is 11.1 Å². The largest absolute Gasteiger partial charge is 0.399 e. The van der Waals surface area contributed by atoms with E-state index in [0.29, 0.717) is 11.4 Å². The summed E-state index contributed by atoms with van der Waals surface area (Å²) in [5, 5.41) is 7.90. The molecule has 0 saturated carbocycles. The summed E-state index contributed by atoms with van der Waals surface area (Å²) in [7, 11) is -3.84. The molecule has 0 aliphatic carbocycles. The van der Waals surface area contributed by atoms with E-state index in [1.807, 2.05) is 0 Å². The van der Waals surface area contributed by atoms with Gasteiger partial charge in [0.15, 0.2) is 0 Å². The number of sulfonamides is 1. The Morgan fingerprint density at radius 1 is 1.05 bits per heavy atom. The molecule has 7 heteroatoms. The number of hydrogen-bond donors (Lipinski definition) is 3. The number of primary sulfonamides is 1. The third-order valence-corrected chi connectivity index (χ3v) is 3.26. The van der Waals surface area contributed by atoms with E-state index >= 15 is 0 Å². The molecule has 0 bridgehead atoms. The second-order valence-electron chi connectivity index (χ2n) is 3.97. The second-order valence-corrected chi connectivity index (χ2v) is 5.53. The smallest absolute Gasteiger partial charge is 0.238 e. The fourth-order valence-electron chi connectivity index (χ4n) is 1.59. The van der Waals surface area contributed by atoms with Gasteiger partial charge in [-0.2, -0.15) is 0 Å². The van der Waals surface area contributed by atoms with Crippen molar-refractivity contribution in [3.63, 3.8) is 0 Å². The Labute approximate surface area is 110 Å². The lowest BCUT2D eigenvalue weighted by Gasteiger charge is -2.09. The van der Waals surface area contributed by atoms with Gasteiger partial charge in [0.2, 0.25) is 10.0 Å². The predicted octanol–water partition coefficient (Wildman–Crippen LogP) is 1.80. The first-order chi connectivity index (χ1) is 8.84. The van der Waals surface area contributed by atoms with Gasteiger partial charge in [-0.05, 0) is 36.4 Å². The minimum absolute atomic E-state index is 0.105. The highest BCUT2D eigenvalue weighted by Gasteiger charge is 2.10. The molecule has 19 heavy (non-hydrogen) atoms. The highest BCUT2D eigenvalue weighted by molar-refractivity contribution is 7.89. The molecule has 0 aliphatic rings. The van der Waals surface area contributed by atoms with E-state index < -0.39 is 15.8 Å². The Morgan fingerprint density at radius 2 is 1.79 bits per heavy atom. The molecule has 0 fully saturated rings. The van der Waals surface area contributed by atoms with E-state index in [2.05, 4.69) is 5.32 Å². The number of nitrogens with one attached hydrogen (secondary N) is 1. The zero-order valence-electron chi connectivity index (χ0n) is 9.80. The van der Waals surface area contributed by atoms with Crippen LogP contribution in [0.15, 0.2) is 47.4 Å². The van der Waals surface area contributed by atoms with Crippen LogP contribution in [0.25, 0.3) is 0 Å². The minimum atomic E-state index is -3.84. The van der Waals surface area contributed by atoms with Crippen molar-refractivity contribution >= 4 is 27.1 Å². The fraction of sp³-hybridized carbons (Fsp3) is 0. The third-order valence-electron chi connectivity index (χ3n) is 2.37. The fourth-order valence-corrected chi connectivity index (χ4v) is 2.18. The van der Waals surface area contributed by atoms with Gasteiger partial charge in [0.1, 0.15) is 5.82 Å². The lowest BCUT2D eigenvalue weighted by atomic mass is 10.2. The van der Waals surface area contributed by atoms with Crippen molar-refractivity contribution in [2.24, 2.45) is 5.14 Å². The molecule has 2 aromatic rings. The van der Waals surface area contributed by atoms with Gasteiger partial charge in [0, 0.05) is 17.1 Å². The van der Waals surface area contributed by atoms with Gasteiger partial charge in [-0.15, -0.1) is 0 Å². The standard InChI is InChI=1S/C12H12FN3O2S/c13-8-2-1-3-10(4-8)16-11-5-9(14)6-12(7-11)19(15,17)18/h1-7,16H,14H2,(H2,15,17,18). The summed E-state index contributed by atoms with van der Waals surface area (Å²) in [6.45, 7) is 0. The normalized spacial score (nSPS) is 11.3. The van der Waals surface area contributed by atoms with Gasteiger partial charge >= 0.3 is 0 Å². The molecule has 100 valence electrons. The van der Waals surface area contributed by atoms with E-state index in [4.69, 9.17) is 10.9 Å². The molecule has 0 heterocycles. The van der Waals surface area contributed by atoms with Crippen LogP contribution in [0.5, 0.6) is 0 Å². The molecule has 0 atom stereocenters. The highest BCUT2D eigenvalue weighted by atomic mass is 32.2. The van der Waals surface area contributed by atoms with Gasteiger partial charge in [-0.25, -0.2) is 17.9 Å². The molecule has 5 nitrogen and oxygen atoms in total. The summed E-state index contributed by atoms with van der Waals surface area (Å²) in [5.41, 5.74) is 6.74. The van der Waals surface area contributed by atoms with Crippen molar-refractivity contribution in [2.45, 2.75) is 4.90 Å². The highest BCUT2D eigenvalue weighted by Crippen LogP contribution is 2.23. The molecule has 0 spiro atoms. The SMILES string of the molecule is Nc1cc(Nc2cccc(F)c2)cc(S(N)(=O)=O)c1. The Kier molecular flexibility index (Phi) is 3.41. The lowest BCUT2D eigenvalue weighted by molar-refractivity contribution is 0.598. The number of benzene rings is 2. The van der Waals surface area contributed by atoms with Crippen LogP contribution < -0.4 is 16.2 Å². The molecule has 0 aliphatic heterocycles. The van der Waals surface area contributed by atoms with E-state index in [9.17, 15) is 12.8 Å². The minimum Gasteiger partial charge on any atom is -0.399 e. The molecule has 5 N–H and O–H groups in total. The average Bonchev–Trinajstić information content (AvgIpc) is 2.26. The number of nitrogens with two attached hydrogens (primary N) is 2. The van der Waals surface area contributed by atoms with Gasteiger partial charge in [-0.1, -0.05) is 6.07 Å². The van der Waals surface area contributed by atoms with Gasteiger partial charge in [0.25, 0.3) is 0 Å². The molecule has 0 radical (unpaired) electrons. The summed E-state index contributed by atoms with van der Waals surface area (Å²) in [6, 6.07) is 9.87. The maximum absolute atomic E-state index is 13.0. The van der Waals surface area contributed by atoms with Crippen LogP contribution in [0.2, 0.25) is 0 Å². The van der Waals surface area contributed by atoms with Crippen molar-refractivity contribution < 1.29 is 12.8 Å². The van der Waals surface area contributed by atoms with Crippen molar-refractivity contribution in [1.29, 1.82) is 0 Å². The summed E-state index contributed by atoms with van der Waals surface area (Å²) in [4.78, 5) is -0.105. The molecule has 0 saturated heterocycles. The van der Waals surface area contributed by atoms with Crippen LogP contribution in [0.3, 0.4) is 0 Å². The number of nitrogen functional groups attached to an aromatic ring is 1. The Morgan fingerprint density at radius 3 is 2.42 bits per heavy atom. The van der Waals surface area contributed by atoms with Crippen molar-refractivity contribution in [1.82, 2.24) is 0 Å². The quantitative estimate of drug-likeness (QED) is 0.747. The zero-order chi connectivity index (χ0) is 14.0. The van der Waals surface area contributed by atoms with Crippen LogP contribution >= 0.6 is 0 Å². The molecular formula is C12H12FN3O2S.